The number of nitrogens with zero attached hydrogens (tertiary/aromatic N) is 3. The molecule has 0 fully saturated rings. The van der Waals surface area contributed by atoms with Gasteiger partial charge in [-0.1, -0.05) is 66.7 Å². The van der Waals surface area contributed by atoms with Gasteiger partial charge in [-0.2, -0.15) is 0 Å². The van der Waals surface area contributed by atoms with Crippen LogP contribution in [-0.4, -0.2) is 40.2 Å². The van der Waals surface area contributed by atoms with Crippen molar-refractivity contribution in [1.29, 1.82) is 0 Å². The first-order chi connectivity index (χ1) is 22.7. The molecule has 3 aromatic carbocycles. The summed E-state index contributed by atoms with van der Waals surface area (Å²) >= 11 is 0. The van der Waals surface area contributed by atoms with Crippen LogP contribution in [0.1, 0.15) is 43.7 Å². The number of carbonyl (C=O) groups is 1. The summed E-state index contributed by atoms with van der Waals surface area (Å²) in [5.74, 6) is -1.24. The van der Waals surface area contributed by atoms with Crippen molar-refractivity contribution in [3.05, 3.63) is 165 Å². The molecule has 0 spiro atoms. The van der Waals surface area contributed by atoms with Crippen LogP contribution in [0.5, 0.6) is 5.75 Å². The Morgan fingerprint density at radius 1 is 0.787 bits per heavy atom. The molecule has 0 bridgehead atoms. The Morgan fingerprint density at radius 2 is 1.38 bits per heavy atom. The van der Waals surface area contributed by atoms with Crippen LogP contribution in [0.15, 0.2) is 125 Å². The highest BCUT2D eigenvalue weighted by molar-refractivity contribution is 7.90. The number of amides is 1. The summed E-state index contributed by atoms with van der Waals surface area (Å²) in [5.41, 5.74) is 5.02. The Balaban J connectivity index is 1.35. The summed E-state index contributed by atoms with van der Waals surface area (Å²) in [5, 5.41) is 13.9. The van der Waals surface area contributed by atoms with Gasteiger partial charge in [0.15, 0.2) is 15.6 Å². The number of sulfone groups is 1. The fourth-order valence-corrected chi connectivity index (χ4v) is 6.07. The number of aromatic nitrogens is 3. The molecule has 2 N–H and O–H groups in total. The van der Waals surface area contributed by atoms with Crippen molar-refractivity contribution < 1.29 is 18.3 Å². The van der Waals surface area contributed by atoms with Crippen molar-refractivity contribution >= 4 is 26.8 Å². The van der Waals surface area contributed by atoms with Gasteiger partial charge in [0, 0.05) is 31.4 Å². The lowest BCUT2D eigenvalue weighted by Gasteiger charge is -2.16. The predicted molar refractivity (Wildman–Crippen MR) is 180 cm³/mol. The second kappa shape index (κ2) is 13.4. The normalized spacial score (nSPS) is 11.4. The minimum Gasteiger partial charge on any atom is -0.505 e. The molecule has 6 rings (SSSR count). The monoisotopic (exact) mass is 644 g/mol. The van der Waals surface area contributed by atoms with Gasteiger partial charge in [-0.3, -0.25) is 19.6 Å². The van der Waals surface area contributed by atoms with Crippen LogP contribution < -0.4 is 10.9 Å². The van der Waals surface area contributed by atoms with E-state index >= 15 is 0 Å². The van der Waals surface area contributed by atoms with E-state index in [0.29, 0.717) is 17.5 Å². The molecule has 47 heavy (non-hydrogen) atoms. The minimum atomic E-state index is -3.41. The standard InChI is InChI=1S/C37H32N4O5S/c1-47(45,46)31-13-11-29(12-14-31)24-41-32-21-30(20-27-9-7-26(8-10-27)19-25-5-3-2-4-6-25)23-39-34(32)35(42)33(37(41)44)36(43)40-22-28-15-17-38-18-16-28/h2-18,21,23,42H,19-20,22,24H2,1H3,(H,40,43). The van der Waals surface area contributed by atoms with Crippen molar-refractivity contribution in [3.63, 3.8) is 0 Å². The SMILES string of the molecule is CS(=O)(=O)c1ccc(Cn2c(=O)c(C(=O)NCc3ccncc3)c(O)c3ncc(Cc4ccc(Cc5ccccc5)cc4)cc32)cc1. The van der Waals surface area contributed by atoms with Gasteiger partial charge in [-0.05, 0) is 76.6 Å². The van der Waals surface area contributed by atoms with Crippen LogP contribution >= 0.6 is 0 Å². The van der Waals surface area contributed by atoms with Crippen molar-refractivity contribution in [2.45, 2.75) is 30.8 Å². The zero-order valence-electron chi connectivity index (χ0n) is 25.6. The molecular weight excluding hydrogens is 612 g/mol. The Morgan fingerprint density at radius 3 is 2.02 bits per heavy atom. The molecule has 0 aliphatic heterocycles. The highest BCUT2D eigenvalue weighted by Gasteiger charge is 2.24. The zero-order chi connectivity index (χ0) is 33.0. The van der Waals surface area contributed by atoms with Crippen LogP contribution in [0.2, 0.25) is 0 Å². The van der Waals surface area contributed by atoms with E-state index in [0.717, 1.165) is 29.4 Å². The van der Waals surface area contributed by atoms with Crippen LogP contribution in [0.4, 0.5) is 0 Å². The summed E-state index contributed by atoms with van der Waals surface area (Å²) in [6.45, 7) is 0.144. The van der Waals surface area contributed by atoms with Gasteiger partial charge >= 0.3 is 0 Å². The number of rotatable bonds is 10. The largest absolute Gasteiger partial charge is 0.505 e. The van der Waals surface area contributed by atoms with Crippen LogP contribution in [0.3, 0.4) is 0 Å². The molecule has 10 heteroatoms. The summed E-state index contributed by atoms with van der Waals surface area (Å²) in [4.78, 5) is 35.9. The first-order valence-corrected chi connectivity index (χ1v) is 16.9. The average molecular weight is 645 g/mol. The fraction of sp³-hybridized carbons (Fsp3) is 0.135. The number of pyridine rings is 3. The Hall–Kier alpha value is -5.61. The van der Waals surface area contributed by atoms with E-state index in [1.807, 2.05) is 18.2 Å². The van der Waals surface area contributed by atoms with E-state index in [2.05, 4.69) is 51.7 Å². The molecule has 0 aliphatic carbocycles. The zero-order valence-corrected chi connectivity index (χ0v) is 26.4. The third-order valence-corrected chi connectivity index (χ3v) is 9.07. The number of aromatic hydroxyl groups is 1. The van der Waals surface area contributed by atoms with Crippen LogP contribution in [0.25, 0.3) is 11.0 Å². The molecule has 0 saturated carbocycles. The van der Waals surface area contributed by atoms with Gasteiger partial charge in [-0.25, -0.2) is 8.42 Å². The summed E-state index contributed by atoms with van der Waals surface area (Å²) < 4.78 is 25.4. The molecule has 236 valence electrons. The van der Waals surface area contributed by atoms with Crippen molar-refractivity contribution in [3.8, 4) is 5.75 Å². The number of carbonyl (C=O) groups excluding carboxylic acids is 1. The van der Waals surface area contributed by atoms with Crippen LogP contribution in [0, 0.1) is 0 Å². The number of benzene rings is 3. The van der Waals surface area contributed by atoms with Gasteiger partial charge in [0.1, 0.15) is 11.1 Å². The number of nitrogens with one attached hydrogen (secondary N) is 1. The van der Waals surface area contributed by atoms with E-state index in [4.69, 9.17) is 0 Å². The maximum Gasteiger partial charge on any atom is 0.268 e. The highest BCUT2D eigenvalue weighted by Crippen LogP contribution is 2.27. The number of hydrogen-bond acceptors (Lipinski definition) is 7. The van der Waals surface area contributed by atoms with E-state index in [1.54, 1.807) is 48.9 Å². The van der Waals surface area contributed by atoms with E-state index in [-0.39, 0.29) is 23.5 Å². The smallest absolute Gasteiger partial charge is 0.268 e. The molecule has 0 unspecified atom stereocenters. The van der Waals surface area contributed by atoms with E-state index < -0.39 is 32.6 Å². The maximum absolute atomic E-state index is 14.0. The molecule has 0 aliphatic rings. The molecule has 0 saturated heterocycles. The average Bonchev–Trinajstić information content (AvgIpc) is 3.07. The number of hydrogen-bond donors (Lipinski definition) is 2. The van der Waals surface area contributed by atoms with Crippen molar-refractivity contribution in [2.75, 3.05) is 6.26 Å². The molecule has 9 nitrogen and oxygen atoms in total. The molecule has 1 amide bonds. The Kier molecular flexibility index (Phi) is 8.94. The van der Waals surface area contributed by atoms with Gasteiger partial charge in [0.05, 0.1) is 17.0 Å². The molecule has 6 aromatic rings. The number of fused-ring (bicyclic) bond motifs is 1. The van der Waals surface area contributed by atoms with Gasteiger partial charge in [0.2, 0.25) is 0 Å². The summed E-state index contributed by atoms with van der Waals surface area (Å²) in [7, 11) is -3.41. The van der Waals surface area contributed by atoms with Crippen LogP contribution in [-0.2, 0) is 35.8 Å². The lowest BCUT2D eigenvalue weighted by Crippen LogP contribution is -2.33. The second-order valence-corrected chi connectivity index (χ2v) is 13.5. The molecule has 0 atom stereocenters. The highest BCUT2D eigenvalue weighted by atomic mass is 32.2. The molecule has 3 heterocycles. The quantitative estimate of drug-likeness (QED) is 0.213. The summed E-state index contributed by atoms with van der Waals surface area (Å²) in [6.07, 6.45) is 7.30. The first-order valence-electron chi connectivity index (χ1n) is 15.0. The van der Waals surface area contributed by atoms with Gasteiger partial charge in [-0.15, -0.1) is 0 Å². The van der Waals surface area contributed by atoms with E-state index in [1.165, 1.54) is 27.8 Å². The molecular formula is C37H32N4O5S. The maximum atomic E-state index is 14.0. The van der Waals surface area contributed by atoms with Crippen molar-refractivity contribution in [1.82, 2.24) is 19.9 Å². The molecule has 3 aromatic heterocycles. The predicted octanol–water partition coefficient (Wildman–Crippen LogP) is 5.06. The Labute approximate surface area is 272 Å². The Bertz CT molecular complexity index is 2220. The first kappa shape index (κ1) is 31.4. The minimum absolute atomic E-state index is 0.0175. The third kappa shape index (κ3) is 7.29. The topological polar surface area (TPSA) is 131 Å². The molecule has 0 radical (unpaired) electrons. The van der Waals surface area contributed by atoms with E-state index in [9.17, 15) is 23.1 Å². The summed E-state index contributed by atoms with van der Waals surface area (Å²) in [6, 6.07) is 30.0. The third-order valence-electron chi connectivity index (χ3n) is 7.94. The second-order valence-electron chi connectivity index (χ2n) is 11.4. The van der Waals surface area contributed by atoms with Gasteiger partial charge < -0.3 is 15.0 Å². The lowest BCUT2D eigenvalue weighted by molar-refractivity contribution is 0.0946. The fourth-order valence-electron chi connectivity index (χ4n) is 5.44. The van der Waals surface area contributed by atoms with Crippen molar-refractivity contribution in [2.24, 2.45) is 0 Å². The lowest BCUT2D eigenvalue weighted by atomic mass is 10.0. The van der Waals surface area contributed by atoms with Gasteiger partial charge in [0.25, 0.3) is 11.5 Å².